The van der Waals surface area contributed by atoms with Crippen LogP contribution >= 0.6 is 11.3 Å². The number of nitrogens with zero attached hydrogens (tertiary/aromatic N) is 3. The SMILES string of the molecule is CCCOc1ccc(C2C(C(=O)OC)=C(C)N=c3sc(=Cc4ccccc4[N+](=O)[O-])c(=O)n32)cc1. The number of nitro benzene ring substituents is 1. The van der Waals surface area contributed by atoms with Crippen LogP contribution in [0.25, 0.3) is 6.08 Å². The summed E-state index contributed by atoms with van der Waals surface area (Å²) in [5.74, 6) is 0.0928. The number of esters is 1. The molecule has 2 heterocycles. The minimum Gasteiger partial charge on any atom is -0.494 e. The molecular weight excluding hydrogens is 470 g/mol. The average molecular weight is 494 g/mol. The van der Waals surface area contributed by atoms with E-state index in [1.807, 2.05) is 6.92 Å². The van der Waals surface area contributed by atoms with Gasteiger partial charge in [0.05, 0.1) is 46.0 Å². The zero-order chi connectivity index (χ0) is 25.1. The van der Waals surface area contributed by atoms with Gasteiger partial charge in [-0.15, -0.1) is 0 Å². The molecule has 1 aliphatic rings. The molecule has 0 saturated heterocycles. The zero-order valence-electron chi connectivity index (χ0n) is 19.4. The lowest BCUT2D eigenvalue weighted by atomic mass is 9.96. The number of hydrogen-bond acceptors (Lipinski definition) is 8. The Morgan fingerprint density at radius 1 is 1.23 bits per heavy atom. The molecule has 0 amide bonds. The van der Waals surface area contributed by atoms with Crippen molar-refractivity contribution in [1.29, 1.82) is 0 Å². The molecule has 35 heavy (non-hydrogen) atoms. The number of allylic oxidation sites excluding steroid dienone is 1. The number of methoxy groups -OCH3 is 1. The van der Waals surface area contributed by atoms with E-state index in [-0.39, 0.29) is 15.8 Å². The standard InChI is InChI=1S/C25H23N3O6S/c1-4-13-34-18-11-9-16(10-12-18)22-21(24(30)33-3)15(2)26-25-27(22)23(29)20(35-25)14-17-7-5-6-8-19(17)28(31)32/h5-12,14,22H,4,13H2,1-3H3. The van der Waals surface area contributed by atoms with Crippen LogP contribution in [0.2, 0.25) is 0 Å². The lowest BCUT2D eigenvalue weighted by molar-refractivity contribution is -0.385. The van der Waals surface area contributed by atoms with Gasteiger partial charge in [-0.3, -0.25) is 19.5 Å². The maximum atomic E-state index is 13.6. The number of para-hydroxylation sites is 1. The third-order valence-corrected chi connectivity index (χ3v) is 6.50. The van der Waals surface area contributed by atoms with Crippen LogP contribution in [-0.4, -0.2) is 29.2 Å². The van der Waals surface area contributed by atoms with Gasteiger partial charge in [0, 0.05) is 6.07 Å². The minimum atomic E-state index is -0.771. The van der Waals surface area contributed by atoms with Gasteiger partial charge in [-0.2, -0.15) is 0 Å². The summed E-state index contributed by atoms with van der Waals surface area (Å²) in [5.41, 5.74) is 1.16. The van der Waals surface area contributed by atoms with Gasteiger partial charge in [-0.25, -0.2) is 9.79 Å². The molecule has 1 unspecified atom stereocenters. The molecule has 180 valence electrons. The van der Waals surface area contributed by atoms with E-state index in [4.69, 9.17) is 9.47 Å². The molecule has 0 N–H and O–H groups in total. The molecule has 0 spiro atoms. The number of ether oxygens (including phenoxy) is 2. The van der Waals surface area contributed by atoms with Crippen molar-refractivity contribution >= 4 is 29.1 Å². The largest absolute Gasteiger partial charge is 0.494 e. The first-order chi connectivity index (χ1) is 16.8. The zero-order valence-corrected chi connectivity index (χ0v) is 20.2. The minimum absolute atomic E-state index is 0.107. The molecule has 1 aliphatic heterocycles. The molecule has 10 heteroatoms. The van der Waals surface area contributed by atoms with Gasteiger partial charge in [-0.05, 0) is 43.2 Å². The van der Waals surface area contributed by atoms with Crippen LogP contribution in [0.5, 0.6) is 5.75 Å². The van der Waals surface area contributed by atoms with E-state index < -0.39 is 22.5 Å². The third-order valence-electron chi connectivity index (χ3n) is 5.52. The summed E-state index contributed by atoms with van der Waals surface area (Å²) in [6.07, 6.45) is 2.35. The van der Waals surface area contributed by atoms with E-state index in [2.05, 4.69) is 4.99 Å². The number of rotatable bonds is 7. The fraction of sp³-hybridized carbons (Fsp3) is 0.240. The molecule has 0 aliphatic carbocycles. The summed E-state index contributed by atoms with van der Waals surface area (Å²) >= 11 is 1.11. The van der Waals surface area contributed by atoms with Crippen LogP contribution in [0, 0.1) is 10.1 Å². The highest BCUT2D eigenvalue weighted by molar-refractivity contribution is 7.07. The predicted octanol–water partition coefficient (Wildman–Crippen LogP) is 3.11. The Bertz CT molecular complexity index is 1500. The van der Waals surface area contributed by atoms with Crippen LogP contribution < -0.4 is 19.6 Å². The number of thiazole rings is 1. The van der Waals surface area contributed by atoms with Gasteiger partial charge in [0.1, 0.15) is 5.75 Å². The Hall–Kier alpha value is -4.05. The molecule has 1 aromatic heterocycles. The van der Waals surface area contributed by atoms with E-state index in [9.17, 15) is 19.7 Å². The second-order valence-corrected chi connectivity index (χ2v) is 8.82. The van der Waals surface area contributed by atoms with Crippen molar-refractivity contribution in [3.05, 3.63) is 101 Å². The molecule has 4 rings (SSSR count). The van der Waals surface area contributed by atoms with E-state index in [1.165, 1.54) is 23.8 Å². The van der Waals surface area contributed by atoms with E-state index in [0.29, 0.717) is 34.0 Å². The first-order valence-electron chi connectivity index (χ1n) is 10.9. The molecular formula is C25H23N3O6S. The maximum Gasteiger partial charge on any atom is 0.338 e. The fourth-order valence-corrected chi connectivity index (χ4v) is 4.93. The second kappa shape index (κ2) is 10.1. The van der Waals surface area contributed by atoms with Crippen molar-refractivity contribution in [2.45, 2.75) is 26.3 Å². The number of fused-ring (bicyclic) bond motifs is 1. The van der Waals surface area contributed by atoms with Crippen molar-refractivity contribution in [3.8, 4) is 5.75 Å². The number of carbonyl (C=O) groups excluding carboxylic acids is 1. The molecule has 0 fully saturated rings. The van der Waals surface area contributed by atoms with Crippen LogP contribution in [0.15, 0.2) is 69.6 Å². The lowest BCUT2D eigenvalue weighted by Gasteiger charge is -2.24. The fourth-order valence-electron chi connectivity index (χ4n) is 3.89. The van der Waals surface area contributed by atoms with Gasteiger partial charge in [0.2, 0.25) is 0 Å². The molecule has 0 saturated carbocycles. The average Bonchev–Trinajstić information content (AvgIpc) is 3.16. The van der Waals surface area contributed by atoms with Crippen molar-refractivity contribution in [2.24, 2.45) is 4.99 Å². The molecule has 0 bridgehead atoms. The molecule has 1 atom stereocenters. The van der Waals surface area contributed by atoms with Gasteiger partial charge < -0.3 is 9.47 Å². The van der Waals surface area contributed by atoms with Crippen molar-refractivity contribution in [2.75, 3.05) is 13.7 Å². The second-order valence-electron chi connectivity index (χ2n) is 7.81. The van der Waals surface area contributed by atoms with Crippen molar-refractivity contribution < 1.29 is 19.2 Å². The summed E-state index contributed by atoms with van der Waals surface area (Å²) < 4.78 is 12.4. The predicted molar refractivity (Wildman–Crippen MR) is 131 cm³/mol. The number of benzene rings is 2. The first kappa shape index (κ1) is 24.1. The Morgan fingerprint density at radius 2 is 1.94 bits per heavy atom. The summed E-state index contributed by atoms with van der Waals surface area (Å²) in [6.45, 7) is 4.28. The van der Waals surface area contributed by atoms with Gasteiger partial charge in [0.25, 0.3) is 11.2 Å². The Kier molecular flexibility index (Phi) is 6.92. The maximum absolute atomic E-state index is 13.6. The summed E-state index contributed by atoms with van der Waals surface area (Å²) in [7, 11) is 1.28. The van der Waals surface area contributed by atoms with Gasteiger partial charge >= 0.3 is 5.97 Å². The van der Waals surface area contributed by atoms with Crippen LogP contribution in [-0.2, 0) is 9.53 Å². The van der Waals surface area contributed by atoms with Crippen LogP contribution in [0.4, 0.5) is 5.69 Å². The Balaban J connectivity index is 1.91. The quantitative estimate of drug-likeness (QED) is 0.284. The smallest absolute Gasteiger partial charge is 0.338 e. The number of aromatic nitrogens is 1. The molecule has 9 nitrogen and oxygen atoms in total. The highest BCUT2D eigenvalue weighted by Gasteiger charge is 2.33. The highest BCUT2D eigenvalue weighted by Crippen LogP contribution is 2.31. The Labute approximate surface area is 204 Å². The molecule has 3 aromatic rings. The molecule has 0 radical (unpaired) electrons. The van der Waals surface area contributed by atoms with Gasteiger partial charge in [0.15, 0.2) is 4.80 Å². The number of hydrogen-bond donors (Lipinski definition) is 0. The van der Waals surface area contributed by atoms with Gasteiger partial charge in [-0.1, -0.05) is 42.5 Å². The monoisotopic (exact) mass is 493 g/mol. The van der Waals surface area contributed by atoms with E-state index >= 15 is 0 Å². The number of nitro groups is 1. The molecule has 2 aromatic carbocycles. The van der Waals surface area contributed by atoms with E-state index in [1.54, 1.807) is 49.4 Å². The highest BCUT2D eigenvalue weighted by atomic mass is 32.1. The van der Waals surface area contributed by atoms with Crippen molar-refractivity contribution in [3.63, 3.8) is 0 Å². The van der Waals surface area contributed by atoms with E-state index in [0.717, 1.165) is 17.8 Å². The number of carbonyl (C=O) groups is 1. The van der Waals surface area contributed by atoms with Crippen LogP contribution in [0.1, 0.15) is 37.4 Å². The summed E-state index contributed by atoms with van der Waals surface area (Å²) in [4.78, 5) is 42.1. The third kappa shape index (κ3) is 4.65. The summed E-state index contributed by atoms with van der Waals surface area (Å²) in [5, 5.41) is 11.4. The normalized spacial score (nSPS) is 15.4. The van der Waals surface area contributed by atoms with Crippen molar-refractivity contribution in [1.82, 2.24) is 4.57 Å². The van der Waals surface area contributed by atoms with Crippen LogP contribution in [0.3, 0.4) is 0 Å². The summed E-state index contributed by atoms with van der Waals surface area (Å²) in [6, 6.07) is 12.6. The topological polar surface area (TPSA) is 113 Å². The first-order valence-corrected chi connectivity index (χ1v) is 11.7. The lowest BCUT2D eigenvalue weighted by Crippen LogP contribution is -2.39. The Morgan fingerprint density at radius 3 is 2.60 bits per heavy atom.